The maximum absolute atomic E-state index is 11.9. The summed E-state index contributed by atoms with van der Waals surface area (Å²) in [6, 6.07) is 12.8. The average Bonchev–Trinajstić information content (AvgIpc) is 2.61. The number of aromatic hydroxyl groups is 1. The van der Waals surface area contributed by atoms with Crippen molar-refractivity contribution in [2.75, 3.05) is 6.61 Å². The summed E-state index contributed by atoms with van der Waals surface area (Å²) in [6.07, 6.45) is 5.03. The molecule has 0 fully saturated rings. The smallest absolute Gasteiger partial charge is 0.312 e. The van der Waals surface area contributed by atoms with Gasteiger partial charge in [-0.25, -0.2) is 0 Å². The Morgan fingerprint density at radius 3 is 2.68 bits per heavy atom. The Balaban J connectivity index is 1.69. The maximum Gasteiger partial charge on any atom is 0.312 e. The Kier molecular flexibility index (Phi) is 5.59. The van der Waals surface area contributed by atoms with Crippen molar-refractivity contribution in [3.05, 3.63) is 53.6 Å². The summed E-state index contributed by atoms with van der Waals surface area (Å²) < 4.78 is 11.0. The maximum atomic E-state index is 11.9. The molecular formula is C21H24O4. The first-order chi connectivity index (χ1) is 12.2. The highest BCUT2D eigenvalue weighted by Crippen LogP contribution is 2.40. The van der Waals surface area contributed by atoms with E-state index in [-0.39, 0.29) is 17.6 Å². The normalized spacial score (nSPS) is 16.2. The van der Waals surface area contributed by atoms with E-state index in [2.05, 4.69) is 6.92 Å². The van der Waals surface area contributed by atoms with Gasteiger partial charge in [-0.2, -0.15) is 0 Å². The molecule has 1 aliphatic heterocycles. The lowest BCUT2D eigenvalue weighted by Gasteiger charge is -2.25. The first kappa shape index (κ1) is 17.3. The van der Waals surface area contributed by atoms with Crippen LogP contribution in [0.3, 0.4) is 0 Å². The number of carbonyl (C=O) groups is 1. The second-order valence-electron chi connectivity index (χ2n) is 6.43. The Bertz CT molecular complexity index is 721. The van der Waals surface area contributed by atoms with Crippen LogP contribution in [0.2, 0.25) is 0 Å². The highest BCUT2D eigenvalue weighted by atomic mass is 16.5. The third-order valence-electron chi connectivity index (χ3n) is 4.52. The van der Waals surface area contributed by atoms with Crippen LogP contribution >= 0.6 is 0 Å². The first-order valence-corrected chi connectivity index (χ1v) is 8.93. The molecule has 2 aromatic carbocycles. The van der Waals surface area contributed by atoms with Crippen LogP contribution < -0.4 is 9.47 Å². The number of hydrogen-bond donors (Lipinski definition) is 1. The van der Waals surface area contributed by atoms with Gasteiger partial charge in [0.25, 0.3) is 0 Å². The minimum Gasteiger partial charge on any atom is -0.508 e. The van der Waals surface area contributed by atoms with Gasteiger partial charge >= 0.3 is 5.97 Å². The number of unbranched alkanes of at least 4 members (excludes halogenated alkanes) is 3. The molecule has 4 nitrogen and oxygen atoms in total. The summed E-state index contributed by atoms with van der Waals surface area (Å²) >= 11 is 0. The van der Waals surface area contributed by atoms with E-state index in [1.54, 1.807) is 6.07 Å². The number of rotatable bonds is 7. The van der Waals surface area contributed by atoms with E-state index in [0.717, 1.165) is 29.9 Å². The van der Waals surface area contributed by atoms with Crippen LogP contribution in [0.1, 0.15) is 56.1 Å². The van der Waals surface area contributed by atoms with Crippen molar-refractivity contribution >= 4 is 5.97 Å². The van der Waals surface area contributed by atoms with Crippen molar-refractivity contribution in [1.82, 2.24) is 0 Å². The van der Waals surface area contributed by atoms with Gasteiger partial charge in [0.15, 0.2) is 0 Å². The van der Waals surface area contributed by atoms with Crippen LogP contribution in [0.15, 0.2) is 42.5 Å². The quantitative estimate of drug-likeness (QED) is 0.447. The molecule has 1 atom stereocenters. The predicted molar refractivity (Wildman–Crippen MR) is 96.3 cm³/mol. The van der Waals surface area contributed by atoms with Gasteiger partial charge in [0, 0.05) is 17.5 Å². The molecule has 0 aliphatic carbocycles. The molecular weight excluding hydrogens is 316 g/mol. The molecule has 132 valence electrons. The van der Waals surface area contributed by atoms with Crippen molar-refractivity contribution in [1.29, 1.82) is 0 Å². The molecule has 0 bridgehead atoms. The molecule has 0 radical (unpaired) electrons. The molecule has 0 saturated carbocycles. The SMILES string of the molecule is CCCCCCOc1ccc(C2CC(=O)Oc3cc(O)ccc32)cc1. The highest BCUT2D eigenvalue weighted by molar-refractivity contribution is 5.78. The molecule has 25 heavy (non-hydrogen) atoms. The molecule has 4 heteroatoms. The standard InChI is InChI=1S/C21H24O4/c1-2-3-4-5-12-24-17-9-6-15(7-10-17)19-14-21(23)25-20-13-16(22)8-11-18(19)20/h6-11,13,19,22H,2-5,12,14H2,1H3. The fraction of sp³-hybridized carbons (Fsp3) is 0.381. The summed E-state index contributed by atoms with van der Waals surface area (Å²) in [6.45, 7) is 2.93. The second-order valence-corrected chi connectivity index (χ2v) is 6.43. The molecule has 3 rings (SSSR count). The predicted octanol–water partition coefficient (Wildman–Crippen LogP) is 4.79. The van der Waals surface area contributed by atoms with Gasteiger partial charge in [-0.3, -0.25) is 4.79 Å². The molecule has 2 aromatic rings. The number of hydrogen-bond acceptors (Lipinski definition) is 4. The Morgan fingerprint density at radius 1 is 1.12 bits per heavy atom. The summed E-state index contributed by atoms with van der Waals surface area (Å²) in [5, 5.41) is 9.60. The number of benzene rings is 2. The number of phenols is 1. The van der Waals surface area contributed by atoms with Crippen molar-refractivity contribution in [3.8, 4) is 17.2 Å². The lowest BCUT2D eigenvalue weighted by molar-refractivity contribution is -0.135. The first-order valence-electron chi connectivity index (χ1n) is 8.93. The molecule has 0 saturated heterocycles. The third-order valence-corrected chi connectivity index (χ3v) is 4.52. The Labute approximate surface area is 148 Å². The minimum atomic E-state index is -0.278. The Hall–Kier alpha value is -2.49. The largest absolute Gasteiger partial charge is 0.508 e. The highest BCUT2D eigenvalue weighted by Gasteiger charge is 2.28. The molecule has 0 amide bonds. The monoisotopic (exact) mass is 340 g/mol. The summed E-state index contributed by atoms with van der Waals surface area (Å²) in [4.78, 5) is 11.9. The second kappa shape index (κ2) is 8.06. The van der Waals surface area contributed by atoms with Gasteiger partial charge in [-0.1, -0.05) is 44.4 Å². The molecule has 0 spiro atoms. The van der Waals surface area contributed by atoms with Gasteiger partial charge in [0.1, 0.15) is 17.2 Å². The van der Waals surface area contributed by atoms with Crippen molar-refractivity contribution in [3.63, 3.8) is 0 Å². The van der Waals surface area contributed by atoms with E-state index in [9.17, 15) is 9.90 Å². The number of carbonyl (C=O) groups excluding carboxylic acids is 1. The summed E-state index contributed by atoms with van der Waals surface area (Å²) in [7, 11) is 0. The van der Waals surface area contributed by atoms with Crippen LogP contribution in [-0.4, -0.2) is 17.7 Å². The fourth-order valence-corrected chi connectivity index (χ4v) is 3.15. The van der Waals surface area contributed by atoms with E-state index >= 15 is 0 Å². The lowest BCUT2D eigenvalue weighted by Crippen LogP contribution is -2.20. The number of phenolic OH excluding ortho intramolecular Hbond substituents is 1. The fourth-order valence-electron chi connectivity index (χ4n) is 3.15. The summed E-state index contributed by atoms with van der Waals surface area (Å²) in [5.41, 5.74) is 1.97. The zero-order valence-corrected chi connectivity index (χ0v) is 14.5. The van der Waals surface area contributed by atoms with Crippen LogP contribution in [0.4, 0.5) is 0 Å². The number of fused-ring (bicyclic) bond motifs is 1. The van der Waals surface area contributed by atoms with Crippen LogP contribution in [0.25, 0.3) is 0 Å². The van der Waals surface area contributed by atoms with E-state index in [1.165, 1.54) is 25.3 Å². The molecule has 1 N–H and O–H groups in total. The van der Waals surface area contributed by atoms with Crippen molar-refractivity contribution < 1.29 is 19.4 Å². The topological polar surface area (TPSA) is 55.8 Å². The zero-order chi connectivity index (χ0) is 17.6. The summed E-state index contributed by atoms with van der Waals surface area (Å²) in [5.74, 6) is 1.05. The lowest BCUT2D eigenvalue weighted by atomic mass is 9.86. The number of ether oxygens (including phenoxy) is 2. The van der Waals surface area contributed by atoms with Gasteiger partial charge < -0.3 is 14.6 Å². The van der Waals surface area contributed by atoms with E-state index in [4.69, 9.17) is 9.47 Å². The third kappa shape index (κ3) is 4.32. The zero-order valence-electron chi connectivity index (χ0n) is 14.5. The van der Waals surface area contributed by atoms with Crippen LogP contribution in [0, 0.1) is 0 Å². The molecule has 1 unspecified atom stereocenters. The van der Waals surface area contributed by atoms with E-state index in [0.29, 0.717) is 12.2 Å². The van der Waals surface area contributed by atoms with Gasteiger partial charge in [-0.15, -0.1) is 0 Å². The van der Waals surface area contributed by atoms with Gasteiger partial charge in [0.05, 0.1) is 13.0 Å². The average molecular weight is 340 g/mol. The molecule has 0 aromatic heterocycles. The van der Waals surface area contributed by atoms with Gasteiger partial charge in [0.2, 0.25) is 0 Å². The van der Waals surface area contributed by atoms with Crippen molar-refractivity contribution in [2.24, 2.45) is 0 Å². The van der Waals surface area contributed by atoms with E-state index in [1.807, 2.05) is 30.3 Å². The van der Waals surface area contributed by atoms with Crippen LogP contribution in [0.5, 0.6) is 17.2 Å². The van der Waals surface area contributed by atoms with E-state index < -0.39 is 0 Å². The van der Waals surface area contributed by atoms with Crippen molar-refractivity contribution in [2.45, 2.75) is 44.9 Å². The van der Waals surface area contributed by atoms with Crippen LogP contribution in [-0.2, 0) is 4.79 Å². The molecule has 1 aliphatic rings. The van der Waals surface area contributed by atoms with Gasteiger partial charge in [-0.05, 0) is 30.2 Å². The minimum absolute atomic E-state index is 0.0598. The Morgan fingerprint density at radius 2 is 1.92 bits per heavy atom. The number of esters is 1. The molecule has 1 heterocycles.